The summed E-state index contributed by atoms with van der Waals surface area (Å²) in [4.78, 5) is 28.7. The molecule has 4 rings (SSSR count). The predicted molar refractivity (Wildman–Crippen MR) is 126 cm³/mol. The Bertz CT molecular complexity index is 1290. The van der Waals surface area contributed by atoms with Crippen LogP contribution in [-0.4, -0.2) is 22.9 Å². The molecule has 1 aromatic heterocycles. The van der Waals surface area contributed by atoms with Crippen molar-refractivity contribution >= 4 is 39.7 Å². The summed E-state index contributed by atoms with van der Waals surface area (Å²) < 4.78 is 5.22. The fourth-order valence-electron chi connectivity index (χ4n) is 3.06. The molecule has 0 atom stereocenters. The second-order valence-electron chi connectivity index (χ2n) is 6.66. The molecule has 1 amide bonds. The normalized spacial score (nSPS) is 10.6. The third-order valence-electron chi connectivity index (χ3n) is 4.67. The Labute approximate surface area is 192 Å². The van der Waals surface area contributed by atoms with E-state index in [0.717, 1.165) is 16.0 Å². The lowest BCUT2D eigenvalue weighted by molar-refractivity contribution is -0.384. The number of aromatic nitrogens is 1. The van der Waals surface area contributed by atoms with E-state index in [9.17, 15) is 14.9 Å². The molecule has 4 aromatic rings. The number of nitrogens with one attached hydrogen (secondary N) is 1. The van der Waals surface area contributed by atoms with Gasteiger partial charge in [0.05, 0.1) is 33.2 Å². The molecule has 0 fully saturated rings. The van der Waals surface area contributed by atoms with Gasteiger partial charge in [0.2, 0.25) is 0 Å². The van der Waals surface area contributed by atoms with Crippen LogP contribution in [0.25, 0.3) is 21.7 Å². The molecule has 9 heteroatoms. The average molecular weight is 466 g/mol. The van der Waals surface area contributed by atoms with Crippen LogP contribution in [0.1, 0.15) is 10.4 Å². The van der Waals surface area contributed by atoms with Crippen molar-refractivity contribution < 1.29 is 14.5 Å². The number of nitrogens with zero attached hydrogens (tertiary/aromatic N) is 2. The summed E-state index contributed by atoms with van der Waals surface area (Å²) in [5, 5.41) is 14.5. The highest BCUT2D eigenvalue weighted by Crippen LogP contribution is 2.40. The zero-order valence-electron chi connectivity index (χ0n) is 16.7. The van der Waals surface area contributed by atoms with Gasteiger partial charge in [-0.2, -0.15) is 0 Å². The van der Waals surface area contributed by atoms with Gasteiger partial charge in [0.25, 0.3) is 11.6 Å². The number of benzene rings is 3. The summed E-state index contributed by atoms with van der Waals surface area (Å²) in [5.74, 6) is 0.328. The number of hydrogen-bond acceptors (Lipinski definition) is 6. The molecule has 1 N–H and O–H groups in total. The Balaban J connectivity index is 1.74. The van der Waals surface area contributed by atoms with Gasteiger partial charge in [-0.1, -0.05) is 35.1 Å². The molecule has 7 nitrogen and oxygen atoms in total. The first-order chi connectivity index (χ1) is 15.5. The standard InChI is InChI=1S/C23H16ClN3O4S/c1-31-17-12-8-14(9-13-17)20-21(15-6-10-16(11-7-15)27(29)30)32-23(25-20)26-22(28)18-4-2-3-5-19(18)24/h2-13H,1H3,(H,25,26,28). The van der Waals surface area contributed by atoms with Crippen LogP contribution in [0.4, 0.5) is 10.8 Å². The molecule has 32 heavy (non-hydrogen) atoms. The van der Waals surface area contributed by atoms with Crippen LogP contribution in [-0.2, 0) is 0 Å². The molecule has 0 aliphatic carbocycles. The van der Waals surface area contributed by atoms with E-state index in [2.05, 4.69) is 10.3 Å². The van der Waals surface area contributed by atoms with Crippen LogP contribution in [0.5, 0.6) is 5.75 Å². The van der Waals surface area contributed by atoms with Crippen LogP contribution in [0.2, 0.25) is 5.02 Å². The minimum atomic E-state index is -0.448. The van der Waals surface area contributed by atoms with Gasteiger partial charge in [-0.05, 0) is 54.1 Å². The van der Waals surface area contributed by atoms with E-state index in [1.54, 1.807) is 43.5 Å². The molecule has 0 unspecified atom stereocenters. The molecule has 0 aliphatic heterocycles. The average Bonchev–Trinajstić information content (AvgIpc) is 3.23. The lowest BCUT2D eigenvalue weighted by Crippen LogP contribution is -2.12. The van der Waals surface area contributed by atoms with E-state index in [-0.39, 0.29) is 11.6 Å². The second-order valence-corrected chi connectivity index (χ2v) is 8.07. The number of ether oxygens (including phenoxy) is 1. The van der Waals surface area contributed by atoms with Crippen molar-refractivity contribution in [1.29, 1.82) is 0 Å². The number of hydrogen-bond donors (Lipinski definition) is 1. The van der Waals surface area contributed by atoms with Crippen LogP contribution >= 0.6 is 22.9 Å². The van der Waals surface area contributed by atoms with Gasteiger partial charge in [-0.3, -0.25) is 20.2 Å². The molecule has 0 saturated heterocycles. The maximum Gasteiger partial charge on any atom is 0.269 e. The van der Waals surface area contributed by atoms with Crippen molar-refractivity contribution in [2.45, 2.75) is 0 Å². The first-order valence-corrected chi connectivity index (χ1v) is 10.6. The van der Waals surface area contributed by atoms with Gasteiger partial charge >= 0.3 is 0 Å². The second kappa shape index (κ2) is 9.17. The molecule has 1 heterocycles. The molecular weight excluding hydrogens is 450 g/mol. The molecule has 0 spiro atoms. The van der Waals surface area contributed by atoms with Crippen LogP contribution in [0, 0.1) is 10.1 Å². The van der Waals surface area contributed by atoms with Crippen molar-refractivity contribution in [3.63, 3.8) is 0 Å². The summed E-state index contributed by atoms with van der Waals surface area (Å²) >= 11 is 7.41. The highest BCUT2D eigenvalue weighted by Gasteiger charge is 2.19. The molecule has 160 valence electrons. The van der Waals surface area contributed by atoms with E-state index in [0.29, 0.717) is 27.2 Å². The number of rotatable bonds is 6. The molecule has 3 aromatic carbocycles. The maximum absolute atomic E-state index is 12.7. The van der Waals surface area contributed by atoms with Crippen molar-refractivity contribution in [1.82, 2.24) is 4.98 Å². The minimum absolute atomic E-state index is 0.00323. The minimum Gasteiger partial charge on any atom is -0.497 e. The fraction of sp³-hybridized carbons (Fsp3) is 0.0435. The molecule has 0 radical (unpaired) electrons. The number of amides is 1. The molecule has 0 bridgehead atoms. The number of anilines is 1. The smallest absolute Gasteiger partial charge is 0.269 e. The number of carbonyl (C=O) groups is 1. The number of nitro groups is 1. The van der Waals surface area contributed by atoms with Crippen molar-refractivity contribution in [2.24, 2.45) is 0 Å². The van der Waals surface area contributed by atoms with Gasteiger partial charge in [0.1, 0.15) is 5.75 Å². The zero-order valence-corrected chi connectivity index (χ0v) is 18.3. The number of halogens is 1. The monoisotopic (exact) mass is 465 g/mol. The lowest BCUT2D eigenvalue weighted by Gasteiger charge is -2.04. The first kappa shape index (κ1) is 21.5. The van der Waals surface area contributed by atoms with Crippen molar-refractivity contribution in [3.8, 4) is 27.4 Å². The number of carbonyl (C=O) groups excluding carboxylic acids is 1. The zero-order chi connectivity index (χ0) is 22.7. The Morgan fingerprint density at radius 2 is 1.69 bits per heavy atom. The van der Waals surface area contributed by atoms with Crippen LogP contribution in [0.15, 0.2) is 72.8 Å². The van der Waals surface area contributed by atoms with E-state index >= 15 is 0 Å². The van der Waals surface area contributed by atoms with Crippen LogP contribution in [0.3, 0.4) is 0 Å². The highest BCUT2D eigenvalue weighted by molar-refractivity contribution is 7.19. The number of non-ortho nitro benzene ring substituents is 1. The van der Waals surface area contributed by atoms with E-state index in [4.69, 9.17) is 16.3 Å². The maximum atomic E-state index is 12.7. The van der Waals surface area contributed by atoms with Crippen molar-refractivity contribution in [3.05, 3.63) is 93.5 Å². The SMILES string of the molecule is COc1ccc(-c2nc(NC(=O)c3ccccc3Cl)sc2-c2ccc([N+](=O)[O-])cc2)cc1. The van der Waals surface area contributed by atoms with Gasteiger partial charge in [0, 0.05) is 17.7 Å². The quantitative estimate of drug-likeness (QED) is 0.266. The third kappa shape index (κ3) is 4.46. The van der Waals surface area contributed by atoms with E-state index in [1.165, 1.54) is 23.5 Å². The summed E-state index contributed by atoms with van der Waals surface area (Å²) in [6, 6.07) is 20.3. The Kier molecular flexibility index (Phi) is 6.16. The Morgan fingerprint density at radius 1 is 1.03 bits per heavy atom. The summed E-state index contributed by atoms with van der Waals surface area (Å²) in [5.41, 5.74) is 2.54. The third-order valence-corrected chi connectivity index (χ3v) is 6.02. The molecular formula is C23H16ClN3O4S. The molecule has 0 aliphatic rings. The summed E-state index contributed by atoms with van der Waals surface area (Å²) in [6.45, 7) is 0. The largest absolute Gasteiger partial charge is 0.497 e. The summed E-state index contributed by atoms with van der Waals surface area (Å²) in [6.07, 6.45) is 0. The van der Waals surface area contributed by atoms with Gasteiger partial charge in [-0.15, -0.1) is 0 Å². The Hall–Kier alpha value is -3.75. The summed E-state index contributed by atoms with van der Waals surface area (Å²) in [7, 11) is 1.59. The molecule has 0 saturated carbocycles. The number of methoxy groups -OCH3 is 1. The fourth-order valence-corrected chi connectivity index (χ4v) is 4.27. The van der Waals surface area contributed by atoms with Gasteiger partial charge in [0.15, 0.2) is 5.13 Å². The van der Waals surface area contributed by atoms with Gasteiger partial charge < -0.3 is 4.74 Å². The predicted octanol–water partition coefficient (Wildman–Crippen LogP) is 6.30. The van der Waals surface area contributed by atoms with Crippen molar-refractivity contribution in [2.75, 3.05) is 12.4 Å². The van der Waals surface area contributed by atoms with Gasteiger partial charge in [-0.25, -0.2) is 4.98 Å². The topological polar surface area (TPSA) is 94.4 Å². The number of thiazole rings is 1. The van der Waals surface area contributed by atoms with Crippen LogP contribution < -0.4 is 10.1 Å². The van der Waals surface area contributed by atoms with E-state index < -0.39 is 4.92 Å². The number of nitro benzene ring substituents is 1. The lowest BCUT2D eigenvalue weighted by atomic mass is 10.1. The highest BCUT2D eigenvalue weighted by atomic mass is 35.5. The first-order valence-electron chi connectivity index (χ1n) is 9.42. The Morgan fingerprint density at radius 3 is 2.31 bits per heavy atom. The van der Waals surface area contributed by atoms with E-state index in [1.807, 2.05) is 24.3 Å².